The maximum absolute atomic E-state index is 12.9. The summed E-state index contributed by atoms with van der Waals surface area (Å²) in [6.07, 6.45) is 0. The van der Waals surface area contributed by atoms with Gasteiger partial charge in [-0.2, -0.15) is 0 Å². The predicted octanol–water partition coefficient (Wildman–Crippen LogP) is 3.16. The number of methoxy groups -OCH3 is 1. The van der Waals surface area contributed by atoms with Gasteiger partial charge in [0.1, 0.15) is 9.96 Å². The van der Waals surface area contributed by atoms with Crippen LogP contribution >= 0.6 is 27.3 Å². The number of sulfone groups is 1. The second kappa shape index (κ2) is 9.19. The molecule has 0 saturated heterocycles. The van der Waals surface area contributed by atoms with E-state index < -0.39 is 33.6 Å². The number of esters is 1. The molecule has 1 aromatic heterocycles. The molecule has 0 fully saturated rings. The first-order valence-electron chi connectivity index (χ1n) is 8.85. The van der Waals surface area contributed by atoms with Crippen LogP contribution in [0.3, 0.4) is 0 Å². The van der Waals surface area contributed by atoms with E-state index >= 15 is 0 Å². The first-order valence-corrected chi connectivity index (χ1v) is 12.1. The minimum absolute atomic E-state index is 0.0189. The first-order chi connectivity index (χ1) is 14.2. The number of carbonyl (C=O) groups is 2. The third-order valence-electron chi connectivity index (χ3n) is 4.27. The number of urea groups is 1. The molecule has 160 valence electrons. The number of carbonyl (C=O) groups excluding carboxylic acids is 2. The number of benzene rings is 1. The summed E-state index contributed by atoms with van der Waals surface area (Å²) in [4.78, 5) is 25.1. The topological polar surface area (TPSA) is 111 Å². The summed E-state index contributed by atoms with van der Waals surface area (Å²) in [6.45, 7) is 1.74. The number of thiophene rings is 1. The number of ether oxygens (including phenoxy) is 2. The Morgan fingerprint density at radius 1 is 1.27 bits per heavy atom. The van der Waals surface area contributed by atoms with Crippen molar-refractivity contribution in [1.29, 1.82) is 0 Å². The molecule has 2 heterocycles. The Morgan fingerprint density at radius 3 is 2.67 bits per heavy atom. The average Bonchev–Trinajstić information content (AvgIpc) is 3.15. The highest BCUT2D eigenvalue weighted by Gasteiger charge is 2.36. The molecule has 30 heavy (non-hydrogen) atoms. The van der Waals surface area contributed by atoms with Gasteiger partial charge in [0.2, 0.25) is 0 Å². The zero-order chi connectivity index (χ0) is 21.9. The van der Waals surface area contributed by atoms with Crippen molar-refractivity contribution in [3.8, 4) is 5.75 Å². The van der Waals surface area contributed by atoms with E-state index in [4.69, 9.17) is 9.47 Å². The van der Waals surface area contributed by atoms with Crippen molar-refractivity contribution in [2.24, 2.45) is 0 Å². The number of halogens is 1. The van der Waals surface area contributed by atoms with E-state index in [1.54, 1.807) is 37.3 Å². The normalized spacial score (nSPS) is 16.6. The number of amides is 2. The lowest BCUT2D eigenvalue weighted by Gasteiger charge is -2.29. The van der Waals surface area contributed by atoms with Gasteiger partial charge in [0.15, 0.2) is 9.84 Å². The summed E-state index contributed by atoms with van der Waals surface area (Å²) in [6, 6.07) is 8.39. The summed E-state index contributed by atoms with van der Waals surface area (Å²) >= 11 is 4.30. The van der Waals surface area contributed by atoms with Crippen molar-refractivity contribution in [2.75, 3.05) is 19.5 Å². The molecular weight excluding hydrogens is 496 g/mol. The molecule has 0 unspecified atom stereocenters. The molecule has 3 rings (SSSR count). The van der Waals surface area contributed by atoms with Gasteiger partial charge in [0, 0.05) is 5.70 Å². The van der Waals surface area contributed by atoms with Gasteiger partial charge >= 0.3 is 12.0 Å². The van der Waals surface area contributed by atoms with Crippen LogP contribution in [0.25, 0.3) is 0 Å². The van der Waals surface area contributed by atoms with Crippen LogP contribution in [0.15, 0.2) is 55.7 Å². The Labute approximate surface area is 186 Å². The minimum atomic E-state index is -3.81. The van der Waals surface area contributed by atoms with Crippen LogP contribution in [0, 0.1) is 0 Å². The van der Waals surface area contributed by atoms with E-state index in [0.717, 1.165) is 11.3 Å². The van der Waals surface area contributed by atoms with Crippen molar-refractivity contribution in [3.05, 3.63) is 57.0 Å². The summed E-state index contributed by atoms with van der Waals surface area (Å²) in [5.74, 6) is -0.737. The van der Waals surface area contributed by atoms with E-state index in [9.17, 15) is 18.0 Å². The molecule has 1 aliphatic rings. The molecule has 11 heteroatoms. The van der Waals surface area contributed by atoms with E-state index in [0.29, 0.717) is 15.1 Å². The zero-order valence-corrected chi connectivity index (χ0v) is 19.3. The second-order valence-corrected chi connectivity index (χ2v) is 10.9. The quantitative estimate of drug-likeness (QED) is 0.549. The predicted molar refractivity (Wildman–Crippen MR) is 115 cm³/mol. The van der Waals surface area contributed by atoms with Crippen LogP contribution in [0.2, 0.25) is 0 Å². The van der Waals surface area contributed by atoms with E-state index in [-0.39, 0.29) is 22.1 Å². The van der Waals surface area contributed by atoms with Crippen LogP contribution in [-0.2, 0) is 19.4 Å². The Balaban J connectivity index is 2.10. The Bertz CT molecular complexity index is 1110. The molecule has 1 aromatic carbocycles. The highest BCUT2D eigenvalue weighted by molar-refractivity contribution is 9.11. The van der Waals surface area contributed by atoms with Crippen molar-refractivity contribution >= 4 is 49.1 Å². The molecule has 1 atom stereocenters. The molecule has 1 aliphatic heterocycles. The standard InChI is InChI=1S/C19H19BrN2O6S2/c1-3-28-18(23)16-13(10-30(25,26)15-8-7-14(20)29-15)21-19(24)22-17(16)11-5-4-6-12(9-11)27-2/h4-9,17H,3,10H2,1-2H3,(H2,21,22,24)/t17-/m0/s1. The number of rotatable bonds is 7. The smallest absolute Gasteiger partial charge is 0.338 e. The van der Waals surface area contributed by atoms with Gasteiger partial charge in [-0.3, -0.25) is 0 Å². The van der Waals surface area contributed by atoms with Gasteiger partial charge in [-0.1, -0.05) is 12.1 Å². The van der Waals surface area contributed by atoms with Gasteiger partial charge in [0.05, 0.1) is 34.9 Å². The molecule has 0 spiro atoms. The molecule has 8 nitrogen and oxygen atoms in total. The molecule has 0 aliphatic carbocycles. The number of hydrogen-bond donors (Lipinski definition) is 2. The molecule has 0 radical (unpaired) electrons. The first kappa shape index (κ1) is 22.3. The molecule has 2 amide bonds. The lowest BCUT2D eigenvalue weighted by molar-refractivity contribution is -0.139. The maximum atomic E-state index is 12.9. The zero-order valence-electron chi connectivity index (χ0n) is 16.1. The maximum Gasteiger partial charge on any atom is 0.338 e. The van der Waals surface area contributed by atoms with Crippen LogP contribution in [0.5, 0.6) is 5.75 Å². The third-order valence-corrected chi connectivity index (χ3v) is 8.11. The minimum Gasteiger partial charge on any atom is -0.497 e. The van der Waals surface area contributed by atoms with Crippen molar-refractivity contribution < 1.29 is 27.5 Å². The van der Waals surface area contributed by atoms with Gasteiger partial charge in [0.25, 0.3) is 0 Å². The van der Waals surface area contributed by atoms with Crippen molar-refractivity contribution in [3.63, 3.8) is 0 Å². The van der Waals surface area contributed by atoms with E-state index in [1.165, 1.54) is 13.2 Å². The summed E-state index contributed by atoms with van der Waals surface area (Å²) in [7, 11) is -2.31. The summed E-state index contributed by atoms with van der Waals surface area (Å²) in [5, 5.41) is 5.15. The van der Waals surface area contributed by atoms with Crippen LogP contribution in [-0.4, -0.2) is 39.9 Å². The average molecular weight is 515 g/mol. The van der Waals surface area contributed by atoms with Crippen LogP contribution < -0.4 is 15.4 Å². The highest BCUT2D eigenvalue weighted by atomic mass is 79.9. The van der Waals surface area contributed by atoms with E-state index in [1.807, 2.05) is 0 Å². The molecule has 0 bridgehead atoms. The lowest BCUT2D eigenvalue weighted by atomic mass is 9.95. The monoisotopic (exact) mass is 514 g/mol. The summed E-state index contributed by atoms with van der Waals surface area (Å²) < 4.78 is 37.0. The fourth-order valence-electron chi connectivity index (χ4n) is 2.98. The number of nitrogens with one attached hydrogen (secondary N) is 2. The van der Waals surface area contributed by atoms with Gasteiger partial charge in [-0.25, -0.2) is 18.0 Å². The SMILES string of the molecule is CCOC(=O)C1=C(CS(=O)(=O)c2ccc(Br)s2)NC(=O)N[C@H]1c1cccc(OC)c1. The van der Waals surface area contributed by atoms with Crippen molar-refractivity contribution in [2.45, 2.75) is 17.2 Å². The molecule has 0 saturated carbocycles. The third kappa shape index (κ3) is 4.85. The fraction of sp³-hybridized carbons (Fsp3) is 0.263. The van der Waals surface area contributed by atoms with Crippen molar-refractivity contribution in [1.82, 2.24) is 10.6 Å². The fourth-order valence-corrected chi connectivity index (χ4v) is 6.40. The molecule has 2 N–H and O–H groups in total. The molecule has 2 aromatic rings. The van der Waals surface area contributed by atoms with Crippen LogP contribution in [0.1, 0.15) is 18.5 Å². The van der Waals surface area contributed by atoms with Crippen LogP contribution in [0.4, 0.5) is 4.79 Å². The largest absolute Gasteiger partial charge is 0.497 e. The van der Waals surface area contributed by atoms with Gasteiger partial charge < -0.3 is 20.1 Å². The Kier molecular flexibility index (Phi) is 6.84. The lowest BCUT2D eigenvalue weighted by Crippen LogP contribution is -2.47. The Morgan fingerprint density at radius 2 is 2.03 bits per heavy atom. The number of hydrogen-bond acceptors (Lipinski definition) is 7. The molecular formula is C19H19BrN2O6S2. The van der Waals surface area contributed by atoms with E-state index in [2.05, 4.69) is 26.6 Å². The second-order valence-electron chi connectivity index (χ2n) is 6.24. The van der Waals surface area contributed by atoms with Gasteiger partial charge in [-0.05, 0) is 52.7 Å². The summed E-state index contributed by atoms with van der Waals surface area (Å²) in [5.41, 5.74) is 0.569. The Hall–Kier alpha value is -2.37. The highest BCUT2D eigenvalue weighted by Crippen LogP contribution is 2.32. The van der Waals surface area contributed by atoms with Gasteiger partial charge in [-0.15, -0.1) is 11.3 Å².